The van der Waals surface area contributed by atoms with Crippen molar-refractivity contribution in [3.8, 4) is 0 Å². The molecule has 1 aromatic rings. The molecule has 1 aromatic carbocycles. The number of piperidine rings is 1. The van der Waals surface area contributed by atoms with Crippen LogP contribution >= 0.6 is 0 Å². The summed E-state index contributed by atoms with van der Waals surface area (Å²) >= 11 is 0. The minimum atomic E-state index is -0.283. The molecule has 1 aliphatic heterocycles. The molecule has 1 amide bonds. The van der Waals surface area contributed by atoms with Crippen LogP contribution in [0.4, 0.5) is 5.69 Å². The third-order valence-corrected chi connectivity index (χ3v) is 7.70. The number of nitrogens with one attached hydrogen (secondary N) is 4. The first-order valence-electron chi connectivity index (χ1n) is 13.5. The predicted molar refractivity (Wildman–Crippen MR) is 150 cm³/mol. The van der Waals surface area contributed by atoms with Gasteiger partial charge in [-0.15, -0.1) is 0 Å². The van der Waals surface area contributed by atoms with Gasteiger partial charge in [0.25, 0.3) is 5.91 Å². The molecule has 1 saturated heterocycles. The van der Waals surface area contributed by atoms with E-state index in [1.807, 2.05) is 33.0 Å². The molecule has 0 aromatic heterocycles. The number of rotatable bonds is 12. The number of hydrogen-bond donors (Lipinski definition) is 5. The fourth-order valence-corrected chi connectivity index (χ4v) is 5.33. The van der Waals surface area contributed by atoms with E-state index in [0.29, 0.717) is 35.2 Å². The molecule has 1 aliphatic carbocycles. The lowest BCUT2D eigenvalue weighted by Gasteiger charge is -2.32. The zero-order valence-corrected chi connectivity index (χ0v) is 22.5. The van der Waals surface area contributed by atoms with Crippen molar-refractivity contribution in [1.82, 2.24) is 15.5 Å². The number of aliphatic hydroxyl groups excluding tert-OH is 1. The Morgan fingerprint density at radius 2 is 1.86 bits per heavy atom. The van der Waals surface area contributed by atoms with E-state index < -0.39 is 0 Å². The lowest BCUT2D eigenvalue weighted by molar-refractivity contribution is -0.105. The van der Waals surface area contributed by atoms with Gasteiger partial charge in [-0.25, -0.2) is 0 Å². The highest BCUT2D eigenvalue weighted by atomic mass is 16.3. The van der Waals surface area contributed by atoms with Gasteiger partial charge in [-0.05, 0) is 87.9 Å². The topological polar surface area (TPSA) is 118 Å². The van der Waals surface area contributed by atoms with Crippen LogP contribution in [0.3, 0.4) is 0 Å². The Morgan fingerprint density at radius 1 is 1.16 bits per heavy atom. The molecule has 0 bridgehead atoms. The summed E-state index contributed by atoms with van der Waals surface area (Å²) in [4.78, 5) is 27.5. The SMILES string of the molecule is CN/C(C)=C\C(C)=C(/C=O)CNC(=O)c1cc(C2CCN(CCO)CC2)cc(NC2CCCC2)c1C=N. The number of benzene rings is 1. The Balaban J connectivity index is 1.89. The zero-order valence-electron chi connectivity index (χ0n) is 22.5. The van der Waals surface area contributed by atoms with Crippen LogP contribution in [-0.2, 0) is 4.79 Å². The van der Waals surface area contributed by atoms with Gasteiger partial charge in [0.1, 0.15) is 6.29 Å². The quantitative estimate of drug-likeness (QED) is 0.127. The number of nitrogens with zero attached hydrogens (tertiary/aromatic N) is 1. The monoisotopic (exact) mass is 509 g/mol. The molecule has 0 spiro atoms. The zero-order chi connectivity index (χ0) is 26.8. The minimum absolute atomic E-state index is 0.119. The van der Waals surface area contributed by atoms with Gasteiger partial charge in [-0.2, -0.15) is 0 Å². The van der Waals surface area contributed by atoms with Crippen molar-refractivity contribution in [1.29, 1.82) is 5.41 Å². The van der Waals surface area contributed by atoms with E-state index in [4.69, 9.17) is 5.41 Å². The standard InChI is InChI=1S/C29H43N5O3/c1-20(14-21(2)31-3)24(19-36)18-32-29(37)26-15-23(22-8-10-34(11-9-22)12-13-35)16-28(27(26)17-30)33-25-6-4-5-7-25/h14-17,19,22,25,30-31,33,35H,4-13,18H2,1-3H3,(H,32,37)/b21-14-,24-20-,30-17?. The van der Waals surface area contributed by atoms with Crippen molar-refractivity contribution in [3.05, 3.63) is 51.7 Å². The second-order valence-electron chi connectivity index (χ2n) is 10.2. The molecule has 8 nitrogen and oxygen atoms in total. The molecule has 2 aliphatic rings. The highest BCUT2D eigenvalue weighted by Crippen LogP contribution is 2.34. The third-order valence-electron chi connectivity index (χ3n) is 7.70. The first kappa shape index (κ1) is 28.6. The minimum Gasteiger partial charge on any atom is -0.395 e. The molecule has 3 rings (SSSR count). The van der Waals surface area contributed by atoms with Crippen LogP contribution in [0.1, 0.15) is 79.8 Å². The van der Waals surface area contributed by atoms with Crippen LogP contribution in [0.2, 0.25) is 0 Å². The van der Waals surface area contributed by atoms with Gasteiger partial charge in [0.05, 0.1) is 12.2 Å². The average molecular weight is 510 g/mol. The Bertz CT molecular complexity index is 1020. The smallest absolute Gasteiger partial charge is 0.252 e. The van der Waals surface area contributed by atoms with Gasteiger partial charge < -0.3 is 31.4 Å². The Labute approximate surface area is 221 Å². The van der Waals surface area contributed by atoms with Gasteiger partial charge in [0.15, 0.2) is 0 Å². The average Bonchev–Trinajstić information content (AvgIpc) is 3.42. The Hall–Kier alpha value is -2.97. The second-order valence-corrected chi connectivity index (χ2v) is 10.2. The van der Waals surface area contributed by atoms with Crippen LogP contribution in [0.15, 0.2) is 35.1 Å². The van der Waals surface area contributed by atoms with Crippen molar-refractivity contribution >= 4 is 24.1 Å². The van der Waals surface area contributed by atoms with Crippen molar-refractivity contribution in [3.63, 3.8) is 0 Å². The number of carbonyl (C=O) groups excluding carboxylic acids is 2. The molecule has 8 heteroatoms. The van der Waals surface area contributed by atoms with E-state index >= 15 is 0 Å². The van der Waals surface area contributed by atoms with Gasteiger partial charge in [-0.1, -0.05) is 12.8 Å². The van der Waals surface area contributed by atoms with Crippen molar-refractivity contribution in [2.75, 3.05) is 45.2 Å². The number of likely N-dealkylation sites (tertiary alicyclic amines) is 1. The fourth-order valence-electron chi connectivity index (χ4n) is 5.33. The molecule has 1 heterocycles. The molecule has 202 valence electrons. The number of amides is 1. The largest absolute Gasteiger partial charge is 0.395 e. The number of aliphatic hydroxyl groups is 1. The maximum Gasteiger partial charge on any atom is 0.252 e. The normalized spacial score (nSPS) is 18.3. The molecule has 0 unspecified atom stereocenters. The van der Waals surface area contributed by atoms with E-state index in [2.05, 4.69) is 26.9 Å². The van der Waals surface area contributed by atoms with Crippen LogP contribution in [-0.4, -0.2) is 74.3 Å². The maximum absolute atomic E-state index is 13.5. The fraction of sp³-hybridized carbons (Fsp3) is 0.552. The summed E-state index contributed by atoms with van der Waals surface area (Å²) in [5.41, 5.74) is 5.24. The van der Waals surface area contributed by atoms with Gasteiger partial charge >= 0.3 is 0 Å². The Morgan fingerprint density at radius 3 is 2.46 bits per heavy atom. The Kier molecular flexibility index (Phi) is 10.9. The lowest BCUT2D eigenvalue weighted by atomic mass is 9.86. The molecular weight excluding hydrogens is 466 g/mol. The summed E-state index contributed by atoms with van der Waals surface area (Å²) in [6.07, 6.45) is 10.4. The number of allylic oxidation sites excluding steroid dienone is 3. The van der Waals surface area contributed by atoms with Crippen molar-refractivity contribution in [2.24, 2.45) is 0 Å². The van der Waals surface area contributed by atoms with Gasteiger partial charge in [-0.3, -0.25) is 9.59 Å². The lowest BCUT2D eigenvalue weighted by Crippen LogP contribution is -2.35. The van der Waals surface area contributed by atoms with Crippen molar-refractivity contribution < 1.29 is 14.7 Å². The number of hydrogen-bond acceptors (Lipinski definition) is 7. The first-order chi connectivity index (χ1) is 17.9. The molecule has 0 radical (unpaired) electrons. The molecule has 5 N–H and O–H groups in total. The molecule has 37 heavy (non-hydrogen) atoms. The third kappa shape index (κ3) is 7.76. The summed E-state index contributed by atoms with van der Waals surface area (Å²) in [7, 11) is 1.82. The number of carbonyl (C=O) groups is 2. The second kappa shape index (κ2) is 14.1. The van der Waals surface area contributed by atoms with E-state index in [0.717, 1.165) is 67.6 Å². The van der Waals surface area contributed by atoms with E-state index in [1.54, 1.807) is 0 Å². The molecule has 2 fully saturated rings. The van der Waals surface area contributed by atoms with E-state index in [1.165, 1.54) is 19.1 Å². The maximum atomic E-state index is 13.5. The van der Waals surface area contributed by atoms with Crippen LogP contribution < -0.4 is 16.0 Å². The summed E-state index contributed by atoms with van der Waals surface area (Å²) in [6.45, 7) is 6.57. The van der Waals surface area contributed by atoms with Crippen LogP contribution in [0.5, 0.6) is 0 Å². The van der Waals surface area contributed by atoms with Crippen LogP contribution in [0.25, 0.3) is 0 Å². The number of β-amino-alcohol motifs (C(OH)–C–C–N with tert-alkyl or cyclic N) is 1. The summed E-state index contributed by atoms with van der Waals surface area (Å²) in [5, 5.41) is 27.0. The van der Waals surface area contributed by atoms with Gasteiger partial charge in [0.2, 0.25) is 0 Å². The van der Waals surface area contributed by atoms with Crippen molar-refractivity contribution in [2.45, 2.75) is 64.3 Å². The predicted octanol–water partition coefficient (Wildman–Crippen LogP) is 3.58. The van der Waals surface area contributed by atoms with Crippen LogP contribution in [0, 0.1) is 5.41 Å². The molecule has 0 atom stereocenters. The highest BCUT2D eigenvalue weighted by molar-refractivity contribution is 6.05. The van der Waals surface area contributed by atoms with Gasteiger partial charge in [0, 0.05) is 54.9 Å². The highest BCUT2D eigenvalue weighted by Gasteiger charge is 2.25. The molecular formula is C29H43N5O3. The number of anilines is 1. The van der Waals surface area contributed by atoms with E-state index in [9.17, 15) is 14.7 Å². The number of aldehydes is 1. The molecule has 1 saturated carbocycles. The first-order valence-corrected chi connectivity index (χ1v) is 13.5. The summed E-state index contributed by atoms with van der Waals surface area (Å²) in [5.74, 6) is 0.0294. The summed E-state index contributed by atoms with van der Waals surface area (Å²) in [6, 6.07) is 4.42. The van der Waals surface area contributed by atoms with E-state index in [-0.39, 0.29) is 19.1 Å². The summed E-state index contributed by atoms with van der Waals surface area (Å²) < 4.78 is 0.